The lowest BCUT2D eigenvalue weighted by atomic mass is 10.0. The molecule has 0 aliphatic rings. The Labute approximate surface area is 127 Å². The Balaban J connectivity index is 1.91. The Morgan fingerprint density at radius 1 is 0.591 bits per heavy atom. The van der Waals surface area contributed by atoms with Gasteiger partial charge in [0.05, 0.1) is 12.5 Å². The van der Waals surface area contributed by atoms with Crippen molar-refractivity contribution in [2.24, 2.45) is 0 Å². The summed E-state index contributed by atoms with van der Waals surface area (Å²) >= 11 is 0. The van der Waals surface area contributed by atoms with E-state index in [0.29, 0.717) is 0 Å². The minimum Gasteiger partial charge on any atom is -0.463 e. The highest BCUT2D eigenvalue weighted by Crippen LogP contribution is 2.30. The zero-order valence-electron chi connectivity index (χ0n) is 11.8. The lowest BCUT2D eigenvalue weighted by molar-refractivity contribution is 0.576. The van der Waals surface area contributed by atoms with Crippen LogP contribution in [0.5, 0.6) is 0 Å². The Bertz CT molecular complexity index is 811. The van der Waals surface area contributed by atoms with Crippen molar-refractivity contribution in [3.05, 3.63) is 79.3 Å². The number of nitrogens with zero attached hydrogens (tertiary/aromatic N) is 1. The zero-order valence-corrected chi connectivity index (χ0v) is 11.8. The summed E-state index contributed by atoms with van der Waals surface area (Å²) in [6.07, 6.45) is 3.30. The predicted molar refractivity (Wildman–Crippen MR) is 85.1 cm³/mol. The van der Waals surface area contributed by atoms with Gasteiger partial charge in [-0.15, -0.1) is 0 Å². The SMILES string of the molecule is c1ccc(-c2cc(-c3ccco3)nc(-c3ccco3)c2)cc1. The second kappa shape index (κ2) is 5.37. The molecule has 0 spiro atoms. The average molecular weight is 287 g/mol. The van der Waals surface area contributed by atoms with Crippen LogP contribution in [0.3, 0.4) is 0 Å². The molecule has 22 heavy (non-hydrogen) atoms. The van der Waals surface area contributed by atoms with E-state index >= 15 is 0 Å². The molecule has 3 heteroatoms. The zero-order chi connectivity index (χ0) is 14.8. The molecule has 0 fully saturated rings. The van der Waals surface area contributed by atoms with Gasteiger partial charge in [-0.05, 0) is 47.5 Å². The van der Waals surface area contributed by atoms with Gasteiger partial charge >= 0.3 is 0 Å². The van der Waals surface area contributed by atoms with Crippen LogP contribution >= 0.6 is 0 Å². The maximum Gasteiger partial charge on any atom is 0.152 e. The summed E-state index contributed by atoms with van der Waals surface area (Å²) in [7, 11) is 0. The molecule has 0 saturated heterocycles. The van der Waals surface area contributed by atoms with Gasteiger partial charge in [-0.3, -0.25) is 0 Å². The first-order valence-corrected chi connectivity index (χ1v) is 7.05. The molecule has 0 radical (unpaired) electrons. The van der Waals surface area contributed by atoms with Gasteiger partial charge in [-0.25, -0.2) is 4.98 Å². The molecule has 0 atom stereocenters. The van der Waals surface area contributed by atoms with Gasteiger partial charge in [-0.1, -0.05) is 30.3 Å². The molecule has 0 aliphatic heterocycles. The summed E-state index contributed by atoms with van der Waals surface area (Å²) in [5, 5.41) is 0. The van der Waals surface area contributed by atoms with E-state index in [2.05, 4.69) is 17.1 Å². The summed E-state index contributed by atoms with van der Waals surface area (Å²) in [5.74, 6) is 1.48. The van der Waals surface area contributed by atoms with Crippen LogP contribution in [0, 0.1) is 0 Å². The van der Waals surface area contributed by atoms with Gasteiger partial charge in [0.25, 0.3) is 0 Å². The summed E-state index contributed by atoms with van der Waals surface area (Å²) in [6, 6.07) is 21.8. The molecule has 0 saturated carbocycles. The Morgan fingerprint density at radius 3 is 1.68 bits per heavy atom. The van der Waals surface area contributed by atoms with E-state index in [4.69, 9.17) is 8.83 Å². The highest BCUT2D eigenvalue weighted by Gasteiger charge is 2.11. The van der Waals surface area contributed by atoms with Crippen LogP contribution in [-0.4, -0.2) is 4.98 Å². The molecule has 3 nitrogen and oxygen atoms in total. The van der Waals surface area contributed by atoms with Crippen LogP contribution in [0.4, 0.5) is 0 Å². The minimum absolute atomic E-state index is 0.741. The first-order valence-electron chi connectivity index (χ1n) is 7.05. The number of rotatable bonds is 3. The van der Waals surface area contributed by atoms with Crippen LogP contribution in [-0.2, 0) is 0 Å². The fraction of sp³-hybridized carbons (Fsp3) is 0. The van der Waals surface area contributed by atoms with E-state index in [0.717, 1.165) is 34.0 Å². The molecule has 3 aromatic heterocycles. The third-order valence-corrected chi connectivity index (χ3v) is 3.48. The third kappa shape index (κ3) is 2.33. The maximum absolute atomic E-state index is 5.49. The number of hydrogen-bond acceptors (Lipinski definition) is 3. The predicted octanol–water partition coefficient (Wildman–Crippen LogP) is 5.27. The van der Waals surface area contributed by atoms with Crippen molar-refractivity contribution >= 4 is 0 Å². The molecule has 0 unspecified atom stereocenters. The normalized spacial score (nSPS) is 10.7. The number of aromatic nitrogens is 1. The topological polar surface area (TPSA) is 39.2 Å². The van der Waals surface area contributed by atoms with Crippen molar-refractivity contribution in [1.29, 1.82) is 0 Å². The first kappa shape index (κ1) is 12.7. The van der Waals surface area contributed by atoms with Gasteiger partial charge in [0.1, 0.15) is 11.4 Å². The number of furan rings is 2. The van der Waals surface area contributed by atoms with Crippen molar-refractivity contribution < 1.29 is 8.83 Å². The van der Waals surface area contributed by atoms with E-state index in [9.17, 15) is 0 Å². The van der Waals surface area contributed by atoms with E-state index in [1.807, 2.05) is 54.6 Å². The lowest BCUT2D eigenvalue weighted by Crippen LogP contribution is -1.89. The summed E-state index contributed by atoms with van der Waals surface area (Å²) < 4.78 is 11.0. The van der Waals surface area contributed by atoms with Crippen LogP contribution in [0.15, 0.2) is 88.1 Å². The molecule has 0 bridgehead atoms. The van der Waals surface area contributed by atoms with Crippen molar-refractivity contribution in [1.82, 2.24) is 4.98 Å². The molecular weight excluding hydrogens is 274 g/mol. The molecule has 0 amide bonds. The standard InChI is InChI=1S/C19H13NO2/c1-2-6-14(7-3-1)15-12-16(18-8-4-10-21-18)20-17(13-15)19-9-5-11-22-19/h1-13H. The third-order valence-electron chi connectivity index (χ3n) is 3.48. The largest absolute Gasteiger partial charge is 0.463 e. The maximum atomic E-state index is 5.49. The van der Waals surface area contributed by atoms with Crippen LogP contribution in [0.25, 0.3) is 34.0 Å². The van der Waals surface area contributed by atoms with Crippen molar-refractivity contribution in [3.8, 4) is 34.0 Å². The molecule has 0 aliphatic carbocycles. The van der Waals surface area contributed by atoms with Crippen molar-refractivity contribution in [2.75, 3.05) is 0 Å². The second-order valence-corrected chi connectivity index (χ2v) is 4.95. The number of benzene rings is 1. The van der Waals surface area contributed by atoms with Gasteiger partial charge in [-0.2, -0.15) is 0 Å². The van der Waals surface area contributed by atoms with Crippen molar-refractivity contribution in [3.63, 3.8) is 0 Å². The summed E-state index contributed by atoms with van der Waals surface area (Å²) in [4.78, 5) is 4.66. The smallest absolute Gasteiger partial charge is 0.152 e. The molecule has 106 valence electrons. The van der Waals surface area contributed by atoms with E-state index in [1.165, 1.54) is 0 Å². The Hall–Kier alpha value is -3.07. The first-order chi connectivity index (χ1) is 10.9. The lowest BCUT2D eigenvalue weighted by Gasteiger charge is -2.07. The Morgan fingerprint density at radius 2 is 1.18 bits per heavy atom. The molecule has 3 heterocycles. The average Bonchev–Trinajstić information content (AvgIpc) is 3.29. The number of hydrogen-bond donors (Lipinski definition) is 0. The highest BCUT2D eigenvalue weighted by molar-refractivity contribution is 5.73. The number of pyridine rings is 1. The monoisotopic (exact) mass is 287 g/mol. The fourth-order valence-electron chi connectivity index (χ4n) is 2.43. The summed E-state index contributed by atoms with van der Waals surface area (Å²) in [6.45, 7) is 0. The summed E-state index contributed by atoms with van der Waals surface area (Å²) in [5.41, 5.74) is 3.79. The molecule has 1 aromatic carbocycles. The van der Waals surface area contributed by atoms with E-state index < -0.39 is 0 Å². The van der Waals surface area contributed by atoms with Crippen LogP contribution in [0.2, 0.25) is 0 Å². The van der Waals surface area contributed by atoms with Crippen LogP contribution < -0.4 is 0 Å². The van der Waals surface area contributed by atoms with Gasteiger partial charge in [0, 0.05) is 0 Å². The quantitative estimate of drug-likeness (QED) is 0.515. The highest BCUT2D eigenvalue weighted by atomic mass is 16.3. The van der Waals surface area contributed by atoms with Gasteiger partial charge in [0.15, 0.2) is 11.5 Å². The van der Waals surface area contributed by atoms with Gasteiger partial charge in [0.2, 0.25) is 0 Å². The second-order valence-electron chi connectivity index (χ2n) is 4.95. The molecule has 0 N–H and O–H groups in total. The molecule has 4 rings (SSSR count). The molecular formula is C19H13NO2. The van der Waals surface area contributed by atoms with E-state index in [-0.39, 0.29) is 0 Å². The van der Waals surface area contributed by atoms with E-state index in [1.54, 1.807) is 12.5 Å². The van der Waals surface area contributed by atoms with Gasteiger partial charge < -0.3 is 8.83 Å². The Kier molecular flexibility index (Phi) is 3.09. The fourth-order valence-corrected chi connectivity index (χ4v) is 2.43. The minimum atomic E-state index is 0.741. The van der Waals surface area contributed by atoms with Crippen LogP contribution in [0.1, 0.15) is 0 Å². The van der Waals surface area contributed by atoms with Crippen molar-refractivity contribution in [2.45, 2.75) is 0 Å². The molecule has 4 aromatic rings.